The third-order valence-corrected chi connectivity index (χ3v) is 3.24. The summed E-state index contributed by atoms with van der Waals surface area (Å²) in [6.07, 6.45) is -4.34. The average molecular weight is 303 g/mol. The van der Waals surface area contributed by atoms with Gasteiger partial charge in [0.25, 0.3) is 0 Å². The minimum Gasteiger partial charge on any atom is -0.399 e. The van der Waals surface area contributed by atoms with Gasteiger partial charge in [-0.3, -0.25) is 9.69 Å². The number of benzene rings is 1. The van der Waals surface area contributed by atoms with E-state index in [-0.39, 0.29) is 6.54 Å². The van der Waals surface area contributed by atoms with Gasteiger partial charge in [-0.2, -0.15) is 13.2 Å². The number of carbonyl (C=O) groups is 1. The smallest absolute Gasteiger partial charge is 0.399 e. The lowest BCUT2D eigenvalue weighted by Gasteiger charge is -2.27. The van der Waals surface area contributed by atoms with Crippen LogP contribution < -0.4 is 11.1 Å². The molecule has 0 bridgehead atoms. The van der Waals surface area contributed by atoms with Crippen LogP contribution in [0, 0.1) is 6.92 Å². The number of alkyl halides is 3. The van der Waals surface area contributed by atoms with Crippen LogP contribution in [0.1, 0.15) is 19.4 Å². The molecule has 7 heteroatoms. The molecule has 1 unspecified atom stereocenters. The number of hydrogen-bond acceptors (Lipinski definition) is 3. The summed E-state index contributed by atoms with van der Waals surface area (Å²) in [7, 11) is 0. The van der Waals surface area contributed by atoms with E-state index < -0.39 is 24.7 Å². The second-order valence-electron chi connectivity index (χ2n) is 4.92. The normalized spacial score (nSPS) is 13.3. The molecule has 1 rings (SSSR count). The van der Waals surface area contributed by atoms with Crippen molar-refractivity contribution >= 4 is 17.3 Å². The van der Waals surface area contributed by atoms with E-state index in [1.54, 1.807) is 32.0 Å². The molecule has 4 nitrogen and oxygen atoms in total. The molecule has 118 valence electrons. The molecule has 3 N–H and O–H groups in total. The lowest BCUT2D eigenvalue weighted by molar-refractivity contribution is -0.152. The van der Waals surface area contributed by atoms with Gasteiger partial charge in [-0.05, 0) is 38.1 Å². The van der Waals surface area contributed by atoms with E-state index in [2.05, 4.69) is 5.32 Å². The lowest BCUT2D eigenvalue weighted by Crippen LogP contribution is -2.46. The Morgan fingerprint density at radius 2 is 2.05 bits per heavy atom. The standard InChI is InChI=1S/C14H20F3N3O/c1-4-20(8-14(15,16)17)10(3)13(21)19-12-7-11(18)6-5-9(12)2/h5-7,10H,4,8,18H2,1-3H3,(H,19,21). The molecule has 1 atom stereocenters. The molecule has 0 radical (unpaired) electrons. The fraction of sp³-hybridized carbons (Fsp3) is 0.500. The molecule has 0 saturated heterocycles. The number of halogens is 3. The SMILES string of the molecule is CCN(CC(F)(F)F)C(C)C(=O)Nc1cc(N)ccc1C. The van der Waals surface area contributed by atoms with Gasteiger partial charge in [0.1, 0.15) is 0 Å². The van der Waals surface area contributed by atoms with Gasteiger partial charge in [0.15, 0.2) is 0 Å². The summed E-state index contributed by atoms with van der Waals surface area (Å²) in [5, 5.41) is 2.62. The fourth-order valence-corrected chi connectivity index (χ4v) is 1.93. The number of nitrogen functional groups attached to an aromatic ring is 1. The van der Waals surface area contributed by atoms with Crippen molar-refractivity contribution in [3.8, 4) is 0 Å². The number of amides is 1. The summed E-state index contributed by atoms with van der Waals surface area (Å²) in [5.41, 5.74) is 7.42. The Balaban J connectivity index is 2.79. The van der Waals surface area contributed by atoms with E-state index in [0.29, 0.717) is 11.4 Å². The average Bonchev–Trinajstić information content (AvgIpc) is 2.38. The third-order valence-electron chi connectivity index (χ3n) is 3.24. The first-order valence-electron chi connectivity index (χ1n) is 6.62. The highest BCUT2D eigenvalue weighted by atomic mass is 19.4. The summed E-state index contributed by atoms with van der Waals surface area (Å²) in [6, 6.07) is 4.12. The number of nitrogens with two attached hydrogens (primary N) is 1. The third kappa shape index (κ3) is 5.26. The van der Waals surface area contributed by atoms with Crippen LogP contribution in [0.5, 0.6) is 0 Å². The van der Waals surface area contributed by atoms with Gasteiger partial charge in [0, 0.05) is 11.4 Å². The largest absolute Gasteiger partial charge is 0.401 e. The van der Waals surface area contributed by atoms with Crippen LogP contribution in [-0.4, -0.2) is 36.1 Å². The Kier molecular flexibility index (Phi) is 5.60. The van der Waals surface area contributed by atoms with Crippen molar-refractivity contribution < 1.29 is 18.0 Å². The Hall–Kier alpha value is -1.76. The molecule has 1 amide bonds. The molecular weight excluding hydrogens is 283 g/mol. The van der Waals surface area contributed by atoms with Crippen molar-refractivity contribution in [3.05, 3.63) is 23.8 Å². The first kappa shape index (κ1) is 17.3. The summed E-state index contributed by atoms with van der Waals surface area (Å²) in [4.78, 5) is 13.2. The van der Waals surface area contributed by atoms with Gasteiger partial charge in [-0.25, -0.2) is 0 Å². The highest BCUT2D eigenvalue weighted by molar-refractivity contribution is 5.95. The van der Waals surface area contributed by atoms with Crippen molar-refractivity contribution in [3.63, 3.8) is 0 Å². The second-order valence-corrected chi connectivity index (χ2v) is 4.92. The fourth-order valence-electron chi connectivity index (χ4n) is 1.93. The van der Waals surface area contributed by atoms with Gasteiger partial charge in [-0.15, -0.1) is 0 Å². The number of rotatable bonds is 5. The maximum atomic E-state index is 12.5. The second kappa shape index (κ2) is 6.80. The van der Waals surface area contributed by atoms with E-state index >= 15 is 0 Å². The van der Waals surface area contributed by atoms with Gasteiger partial charge < -0.3 is 11.1 Å². The highest BCUT2D eigenvalue weighted by Crippen LogP contribution is 2.21. The molecular formula is C14H20F3N3O. The predicted octanol–water partition coefficient (Wildman–Crippen LogP) is 2.79. The van der Waals surface area contributed by atoms with Crippen LogP contribution in [0.4, 0.5) is 24.5 Å². The van der Waals surface area contributed by atoms with E-state index in [9.17, 15) is 18.0 Å². The topological polar surface area (TPSA) is 58.4 Å². The number of carbonyl (C=O) groups excluding carboxylic acids is 1. The van der Waals surface area contributed by atoms with Crippen LogP contribution in [0.25, 0.3) is 0 Å². The van der Waals surface area contributed by atoms with Gasteiger partial charge in [0.05, 0.1) is 12.6 Å². The first-order valence-corrected chi connectivity index (χ1v) is 6.62. The van der Waals surface area contributed by atoms with Gasteiger partial charge in [-0.1, -0.05) is 13.0 Å². The number of likely N-dealkylation sites (N-methyl/N-ethyl adjacent to an activating group) is 1. The zero-order chi connectivity index (χ0) is 16.2. The van der Waals surface area contributed by atoms with Crippen molar-refractivity contribution in [2.45, 2.75) is 33.0 Å². The molecule has 1 aromatic carbocycles. The molecule has 0 fully saturated rings. The summed E-state index contributed by atoms with van der Waals surface area (Å²) >= 11 is 0. The van der Waals surface area contributed by atoms with Crippen LogP contribution in [0.3, 0.4) is 0 Å². The van der Waals surface area contributed by atoms with Crippen LogP contribution in [0.2, 0.25) is 0 Å². The zero-order valence-electron chi connectivity index (χ0n) is 12.3. The summed E-state index contributed by atoms with van der Waals surface area (Å²) in [6.45, 7) is 3.83. The molecule has 21 heavy (non-hydrogen) atoms. The van der Waals surface area contributed by atoms with Crippen molar-refractivity contribution in [1.82, 2.24) is 4.90 Å². The Morgan fingerprint density at radius 1 is 1.43 bits per heavy atom. The number of nitrogens with zero attached hydrogens (tertiary/aromatic N) is 1. The molecule has 0 saturated carbocycles. The van der Waals surface area contributed by atoms with E-state index in [1.807, 2.05) is 0 Å². The highest BCUT2D eigenvalue weighted by Gasteiger charge is 2.33. The maximum Gasteiger partial charge on any atom is 0.401 e. The van der Waals surface area contributed by atoms with E-state index in [4.69, 9.17) is 5.73 Å². The summed E-state index contributed by atoms with van der Waals surface area (Å²) in [5.74, 6) is -0.491. The molecule has 0 aromatic heterocycles. The quantitative estimate of drug-likeness (QED) is 0.822. The predicted molar refractivity (Wildman–Crippen MR) is 77.0 cm³/mol. The first-order chi connectivity index (χ1) is 9.64. The minimum atomic E-state index is -4.34. The number of aryl methyl sites for hydroxylation is 1. The van der Waals surface area contributed by atoms with Crippen LogP contribution in [-0.2, 0) is 4.79 Å². The Morgan fingerprint density at radius 3 is 2.57 bits per heavy atom. The Bertz CT molecular complexity index is 503. The van der Waals surface area contributed by atoms with Crippen LogP contribution in [0.15, 0.2) is 18.2 Å². The van der Waals surface area contributed by atoms with Gasteiger partial charge >= 0.3 is 6.18 Å². The summed E-state index contributed by atoms with van der Waals surface area (Å²) < 4.78 is 37.4. The van der Waals surface area contributed by atoms with Crippen molar-refractivity contribution in [1.29, 1.82) is 0 Å². The molecule has 0 aliphatic heterocycles. The molecule has 1 aromatic rings. The molecule has 0 aliphatic rings. The monoisotopic (exact) mass is 303 g/mol. The number of anilines is 2. The number of nitrogens with one attached hydrogen (secondary N) is 1. The molecule has 0 aliphatic carbocycles. The lowest BCUT2D eigenvalue weighted by atomic mass is 10.1. The van der Waals surface area contributed by atoms with Crippen molar-refractivity contribution in [2.24, 2.45) is 0 Å². The zero-order valence-corrected chi connectivity index (χ0v) is 12.3. The number of hydrogen-bond donors (Lipinski definition) is 2. The van der Waals surface area contributed by atoms with Gasteiger partial charge in [0.2, 0.25) is 5.91 Å². The maximum absolute atomic E-state index is 12.5. The van der Waals surface area contributed by atoms with E-state index in [1.165, 1.54) is 6.92 Å². The van der Waals surface area contributed by atoms with Crippen LogP contribution >= 0.6 is 0 Å². The molecule has 0 spiro atoms. The Labute approximate surface area is 122 Å². The van der Waals surface area contributed by atoms with E-state index in [0.717, 1.165) is 10.5 Å². The minimum absolute atomic E-state index is 0.129. The molecule has 0 heterocycles. The van der Waals surface area contributed by atoms with Crippen molar-refractivity contribution in [2.75, 3.05) is 24.1 Å².